The van der Waals surface area contributed by atoms with Gasteiger partial charge < -0.3 is 14.5 Å². The zero-order valence-corrected chi connectivity index (χ0v) is 21.9. The van der Waals surface area contributed by atoms with E-state index >= 15 is 4.39 Å². The summed E-state index contributed by atoms with van der Waals surface area (Å²) in [4.78, 5) is 16.6. The molecule has 1 aliphatic heterocycles. The van der Waals surface area contributed by atoms with Crippen LogP contribution < -0.4 is 9.64 Å². The number of fused-ring (bicyclic) bond motifs is 2. The van der Waals surface area contributed by atoms with Crippen molar-refractivity contribution in [2.24, 2.45) is 0 Å². The summed E-state index contributed by atoms with van der Waals surface area (Å²) in [6.45, 7) is 8.44. The molecule has 5 rings (SSSR count). The van der Waals surface area contributed by atoms with Crippen molar-refractivity contribution in [1.29, 1.82) is 0 Å². The first-order chi connectivity index (χ1) is 17.4. The fraction of sp³-hybridized carbons (Fsp3) is 0.286. The average Bonchev–Trinajstić information content (AvgIpc) is 3.32. The molecule has 0 bridgehead atoms. The third kappa shape index (κ3) is 4.31. The third-order valence-corrected chi connectivity index (χ3v) is 7.92. The van der Waals surface area contributed by atoms with Gasteiger partial charge in [0.1, 0.15) is 16.3 Å². The van der Waals surface area contributed by atoms with Crippen LogP contribution in [-0.2, 0) is 4.79 Å². The van der Waals surface area contributed by atoms with Crippen molar-refractivity contribution in [2.45, 2.75) is 19.8 Å². The van der Waals surface area contributed by atoms with E-state index < -0.39 is 5.82 Å². The predicted octanol–water partition coefficient (Wildman–Crippen LogP) is 6.92. The zero-order valence-electron chi connectivity index (χ0n) is 20.3. The molecular formula is C28H27ClFN3O2S. The minimum atomic E-state index is -0.442. The lowest BCUT2D eigenvalue weighted by molar-refractivity contribution is -0.127. The number of benzene rings is 3. The monoisotopic (exact) mass is 523 g/mol. The Hall–Kier alpha value is -3.16. The molecule has 0 atom stereocenters. The van der Waals surface area contributed by atoms with Crippen molar-refractivity contribution < 1.29 is 13.9 Å². The van der Waals surface area contributed by atoms with Crippen molar-refractivity contribution >= 4 is 55.7 Å². The number of nitrogens with zero attached hydrogens (tertiary/aromatic N) is 3. The van der Waals surface area contributed by atoms with E-state index in [-0.39, 0.29) is 5.91 Å². The lowest BCUT2D eigenvalue weighted by Crippen LogP contribution is -2.49. The fourth-order valence-electron chi connectivity index (χ4n) is 4.83. The molecule has 0 saturated carbocycles. The van der Waals surface area contributed by atoms with Gasteiger partial charge in [0.2, 0.25) is 5.91 Å². The molecule has 0 aliphatic carbocycles. The molecule has 0 spiro atoms. The number of aromatic nitrogens is 1. The van der Waals surface area contributed by atoms with Gasteiger partial charge >= 0.3 is 0 Å². The van der Waals surface area contributed by atoms with E-state index in [0.717, 1.165) is 22.2 Å². The van der Waals surface area contributed by atoms with Gasteiger partial charge in [0.25, 0.3) is 0 Å². The van der Waals surface area contributed by atoms with Crippen molar-refractivity contribution in [2.75, 3.05) is 38.2 Å². The number of anilines is 1. The van der Waals surface area contributed by atoms with Crippen molar-refractivity contribution in [3.8, 4) is 16.9 Å². The number of carbonyl (C=O) groups excluding carboxylic acids is 1. The van der Waals surface area contributed by atoms with Crippen LogP contribution in [0, 0.1) is 5.82 Å². The Morgan fingerprint density at radius 2 is 1.92 bits per heavy atom. The van der Waals surface area contributed by atoms with Gasteiger partial charge in [0.15, 0.2) is 5.82 Å². The normalized spacial score (nSPS) is 14.0. The van der Waals surface area contributed by atoms with Gasteiger partial charge in [-0.1, -0.05) is 55.8 Å². The van der Waals surface area contributed by atoms with Gasteiger partial charge in [-0.3, -0.25) is 4.79 Å². The van der Waals surface area contributed by atoms with Crippen LogP contribution in [0.5, 0.6) is 5.75 Å². The molecule has 0 radical (unpaired) electrons. The highest BCUT2D eigenvalue weighted by Crippen LogP contribution is 2.44. The standard InChI is InChI=1S/C28H27ClFN3O2S/c1-4-7-17(2)27(34)32-10-12-33(13-11-32)28-22-16-23(29)24(25(30)26(22)31-36-28)21-15-19(35-3)14-18-8-5-6-9-20(18)21/h5-6,8-9,14-16H,2,4,7,10-13H2,1,3H3. The molecule has 0 unspecified atom stereocenters. The Bertz CT molecular complexity index is 1480. The highest BCUT2D eigenvalue weighted by Gasteiger charge is 2.27. The number of amides is 1. The number of carbonyl (C=O) groups is 1. The van der Waals surface area contributed by atoms with Crippen LogP contribution in [0.3, 0.4) is 0 Å². The fourth-order valence-corrected chi connectivity index (χ4v) is 6.03. The van der Waals surface area contributed by atoms with E-state index in [9.17, 15) is 4.79 Å². The topological polar surface area (TPSA) is 45.7 Å². The van der Waals surface area contributed by atoms with Crippen molar-refractivity contribution in [3.05, 3.63) is 65.5 Å². The van der Waals surface area contributed by atoms with Crippen LogP contribution in [0.1, 0.15) is 19.8 Å². The molecule has 1 amide bonds. The molecule has 8 heteroatoms. The predicted molar refractivity (Wildman–Crippen MR) is 147 cm³/mol. The lowest BCUT2D eigenvalue weighted by Gasteiger charge is -2.35. The Labute approximate surface area is 218 Å². The summed E-state index contributed by atoms with van der Waals surface area (Å²) >= 11 is 8.01. The number of halogens is 2. The van der Waals surface area contributed by atoms with E-state index in [1.54, 1.807) is 7.11 Å². The molecule has 1 aromatic heterocycles. The van der Waals surface area contributed by atoms with Gasteiger partial charge in [-0.2, -0.15) is 4.37 Å². The minimum absolute atomic E-state index is 0.0231. The van der Waals surface area contributed by atoms with Crippen LogP contribution in [-0.4, -0.2) is 48.5 Å². The van der Waals surface area contributed by atoms with Crippen LogP contribution >= 0.6 is 23.1 Å². The van der Waals surface area contributed by atoms with Gasteiger partial charge in [-0.25, -0.2) is 4.39 Å². The van der Waals surface area contributed by atoms with Gasteiger partial charge in [-0.15, -0.1) is 0 Å². The van der Waals surface area contributed by atoms with Gasteiger partial charge in [0, 0.05) is 42.7 Å². The molecule has 1 saturated heterocycles. The van der Waals surface area contributed by atoms with E-state index in [1.165, 1.54) is 11.5 Å². The van der Waals surface area contributed by atoms with Crippen molar-refractivity contribution in [3.63, 3.8) is 0 Å². The summed E-state index contributed by atoms with van der Waals surface area (Å²) in [5.74, 6) is 0.213. The maximum absolute atomic E-state index is 16.0. The Morgan fingerprint density at radius 1 is 1.17 bits per heavy atom. The second kappa shape index (κ2) is 10.1. The molecule has 1 fully saturated rings. The number of hydrogen-bond acceptors (Lipinski definition) is 5. The Kier molecular flexibility index (Phi) is 6.86. The highest BCUT2D eigenvalue weighted by atomic mass is 35.5. The molecule has 0 N–H and O–H groups in total. The first-order valence-electron chi connectivity index (χ1n) is 12.0. The summed E-state index contributed by atoms with van der Waals surface area (Å²) in [5, 5.41) is 3.71. The van der Waals surface area contributed by atoms with Crippen LogP contribution in [0.2, 0.25) is 5.02 Å². The first-order valence-corrected chi connectivity index (χ1v) is 13.1. The van der Waals surface area contributed by atoms with Crippen LogP contribution in [0.25, 0.3) is 32.8 Å². The Morgan fingerprint density at radius 3 is 2.64 bits per heavy atom. The summed E-state index contributed by atoms with van der Waals surface area (Å²) in [5.41, 5.74) is 1.95. The summed E-state index contributed by atoms with van der Waals surface area (Å²) in [6.07, 6.45) is 1.61. The molecule has 4 aromatic rings. The van der Waals surface area contributed by atoms with Crippen molar-refractivity contribution in [1.82, 2.24) is 9.27 Å². The molecular weight excluding hydrogens is 497 g/mol. The summed E-state index contributed by atoms with van der Waals surface area (Å²) in [6, 6.07) is 13.3. The summed E-state index contributed by atoms with van der Waals surface area (Å²) < 4.78 is 26.0. The number of ether oxygens (including phenoxy) is 1. The van der Waals surface area contributed by atoms with E-state index in [4.69, 9.17) is 16.3 Å². The Balaban J connectivity index is 1.49. The lowest BCUT2D eigenvalue weighted by atomic mass is 9.96. The second-order valence-electron chi connectivity index (χ2n) is 8.96. The van der Waals surface area contributed by atoms with Crippen LogP contribution in [0.15, 0.2) is 54.6 Å². The largest absolute Gasteiger partial charge is 0.497 e. The number of methoxy groups -OCH3 is 1. The molecule has 2 heterocycles. The highest BCUT2D eigenvalue weighted by molar-refractivity contribution is 7.11. The van der Waals surface area contributed by atoms with Gasteiger partial charge in [0.05, 0.1) is 12.1 Å². The minimum Gasteiger partial charge on any atom is -0.497 e. The SMILES string of the molecule is C=C(CCC)C(=O)N1CCN(c2snc3c(F)c(-c4cc(OC)cc5ccccc45)c(Cl)cc23)CC1. The third-order valence-electron chi connectivity index (χ3n) is 6.69. The molecule has 36 heavy (non-hydrogen) atoms. The molecule has 3 aromatic carbocycles. The molecule has 1 aliphatic rings. The zero-order chi connectivity index (χ0) is 25.4. The van der Waals surface area contributed by atoms with E-state index in [0.29, 0.717) is 71.0 Å². The number of rotatable bonds is 6. The number of hydrogen-bond donors (Lipinski definition) is 0. The van der Waals surface area contributed by atoms with E-state index in [1.807, 2.05) is 54.3 Å². The molecule has 186 valence electrons. The maximum Gasteiger partial charge on any atom is 0.249 e. The van der Waals surface area contributed by atoms with Gasteiger partial charge in [-0.05, 0) is 52.5 Å². The second-order valence-corrected chi connectivity index (χ2v) is 10.1. The van der Waals surface area contributed by atoms with E-state index in [2.05, 4.69) is 15.9 Å². The van der Waals surface area contributed by atoms with Crippen LogP contribution in [0.4, 0.5) is 9.39 Å². The number of piperazine rings is 1. The average molecular weight is 524 g/mol. The maximum atomic E-state index is 16.0. The smallest absolute Gasteiger partial charge is 0.249 e. The molecule has 5 nitrogen and oxygen atoms in total. The quantitative estimate of drug-likeness (QED) is 0.257. The first kappa shape index (κ1) is 24.5. The summed E-state index contributed by atoms with van der Waals surface area (Å²) in [7, 11) is 1.59.